The van der Waals surface area contributed by atoms with Crippen LogP contribution in [0, 0.1) is 17.3 Å². The number of imide groups is 2. The second-order valence-electron chi connectivity index (χ2n) is 5.20. The van der Waals surface area contributed by atoms with E-state index < -0.39 is 40.9 Å². The minimum Gasteiger partial charge on any atom is -0.299 e. The number of amides is 4. The summed E-state index contributed by atoms with van der Waals surface area (Å²) in [5.41, 5.74) is -1.84. The summed E-state index contributed by atoms with van der Waals surface area (Å²) >= 11 is 0. The van der Waals surface area contributed by atoms with E-state index in [4.69, 9.17) is 0 Å². The van der Waals surface area contributed by atoms with Crippen molar-refractivity contribution in [1.29, 1.82) is 0 Å². The van der Waals surface area contributed by atoms with Crippen molar-refractivity contribution in [3.05, 3.63) is 0 Å². The van der Waals surface area contributed by atoms with Crippen LogP contribution in [0.2, 0.25) is 0 Å². The molecule has 2 aliphatic heterocycles. The number of ketones is 1. The molecule has 7 nitrogen and oxygen atoms in total. The number of hydrogen-bond acceptors (Lipinski definition) is 5. The number of hydrogen-bond donors (Lipinski definition) is 2. The van der Waals surface area contributed by atoms with Gasteiger partial charge >= 0.3 is 0 Å². The number of rotatable bonds is 1. The van der Waals surface area contributed by atoms with Gasteiger partial charge < -0.3 is 0 Å². The van der Waals surface area contributed by atoms with Gasteiger partial charge in [-0.1, -0.05) is 6.42 Å². The second kappa shape index (κ2) is 3.72. The first-order chi connectivity index (χ1) is 8.99. The summed E-state index contributed by atoms with van der Waals surface area (Å²) in [4.78, 5) is 59.7. The average Bonchev–Trinajstić information content (AvgIpc) is 2.76. The SMILES string of the molecule is O=C1CCCCC1C12C(=O)NC(=O)C1C(=O)NC2=O. The molecule has 1 aliphatic carbocycles. The fourth-order valence-electron chi connectivity index (χ4n) is 3.46. The van der Waals surface area contributed by atoms with Crippen LogP contribution in [0.5, 0.6) is 0 Å². The molecular formula is C12H12N2O5. The van der Waals surface area contributed by atoms with Gasteiger partial charge in [0.25, 0.3) is 0 Å². The molecule has 1 unspecified atom stereocenters. The van der Waals surface area contributed by atoms with Crippen molar-refractivity contribution < 1.29 is 24.0 Å². The van der Waals surface area contributed by atoms with Crippen LogP contribution in [0.15, 0.2) is 0 Å². The molecule has 4 amide bonds. The summed E-state index contributed by atoms with van der Waals surface area (Å²) in [5.74, 6) is -5.68. The molecule has 0 radical (unpaired) electrons. The van der Waals surface area contributed by atoms with Crippen LogP contribution in [-0.2, 0) is 24.0 Å². The Labute approximate surface area is 108 Å². The molecule has 2 saturated heterocycles. The highest BCUT2D eigenvalue weighted by molar-refractivity contribution is 6.32. The van der Waals surface area contributed by atoms with E-state index >= 15 is 0 Å². The Hall–Kier alpha value is -2.05. The highest BCUT2D eigenvalue weighted by atomic mass is 16.2. The fraction of sp³-hybridized carbons (Fsp3) is 0.583. The monoisotopic (exact) mass is 264 g/mol. The predicted octanol–water partition coefficient (Wildman–Crippen LogP) is -1.34. The lowest BCUT2D eigenvalue weighted by Gasteiger charge is -2.32. The number of carbonyl (C=O) groups is 5. The normalized spacial score (nSPS) is 38.2. The molecule has 100 valence electrons. The van der Waals surface area contributed by atoms with Crippen LogP contribution in [0.3, 0.4) is 0 Å². The molecule has 0 aromatic heterocycles. The number of carbonyl (C=O) groups excluding carboxylic acids is 5. The summed E-state index contributed by atoms with van der Waals surface area (Å²) in [6.07, 6.45) is 2.05. The summed E-state index contributed by atoms with van der Waals surface area (Å²) in [6, 6.07) is 0. The van der Waals surface area contributed by atoms with Crippen LogP contribution in [0.1, 0.15) is 25.7 Å². The molecule has 1 saturated carbocycles. The van der Waals surface area contributed by atoms with Crippen molar-refractivity contribution in [2.75, 3.05) is 0 Å². The van der Waals surface area contributed by atoms with Crippen molar-refractivity contribution in [1.82, 2.24) is 10.6 Å². The van der Waals surface area contributed by atoms with E-state index in [1.807, 2.05) is 10.6 Å². The number of Topliss-reactive ketones (excluding diaryl/α,β-unsaturated/α-hetero) is 1. The molecule has 19 heavy (non-hydrogen) atoms. The Morgan fingerprint density at radius 1 is 0.895 bits per heavy atom. The topological polar surface area (TPSA) is 109 Å². The van der Waals surface area contributed by atoms with Crippen molar-refractivity contribution in [2.45, 2.75) is 25.7 Å². The molecule has 0 bridgehead atoms. The van der Waals surface area contributed by atoms with Gasteiger partial charge in [0.05, 0.1) is 0 Å². The number of nitrogens with one attached hydrogen (secondary N) is 2. The molecule has 2 heterocycles. The Kier molecular flexibility index (Phi) is 2.35. The van der Waals surface area contributed by atoms with Gasteiger partial charge in [0, 0.05) is 12.3 Å². The number of fused-ring (bicyclic) bond motifs is 1. The first kappa shape index (κ1) is 12.0. The van der Waals surface area contributed by atoms with E-state index in [0.717, 1.165) is 0 Å². The van der Waals surface area contributed by atoms with Crippen molar-refractivity contribution >= 4 is 29.4 Å². The van der Waals surface area contributed by atoms with E-state index in [0.29, 0.717) is 19.3 Å². The summed E-state index contributed by atoms with van der Waals surface area (Å²) in [5, 5.41) is 4.05. The molecule has 3 rings (SSSR count). The molecule has 7 heteroatoms. The van der Waals surface area contributed by atoms with Crippen LogP contribution in [0.25, 0.3) is 0 Å². The molecule has 2 N–H and O–H groups in total. The van der Waals surface area contributed by atoms with E-state index in [1.165, 1.54) is 0 Å². The fourth-order valence-corrected chi connectivity index (χ4v) is 3.46. The summed E-state index contributed by atoms with van der Waals surface area (Å²) in [7, 11) is 0. The molecule has 0 spiro atoms. The highest BCUT2D eigenvalue weighted by Crippen LogP contribution is 2.48. The van der Waals surface area contributed by atoms with Crippen molar-refractivity contribution in [2.24, 2.45) is 17.3 Å². The molecule has 1 atom stereocenters. The lowest BCUT2D eigenvalue weighted by atomic mass is 9.63. The van der Waals surface area contributed by atoms with Gasteiger partial charge in [0.2, 0.25) is 23.6 Å². The Bertz CT molecular complexity index is 508. The van der Waals surface area contributed by atoms with Crippen LogP contribution < -0.4 is 10.6 Å². The second-order valence-corrected chi connectivity index (χ2v) is 5.20. The third-order valence-corrected chi connectivity index (χ3v) is 4.31. The highest BCUT2D eigenvalue weighted by Gasteiger charge is 2.72. The standard InChI is InChI=1S/C12H12N2O5/c15-6-4-2-1-3-5(6)12-7(8(16)13-10(12)18)9(17)14-11(12)19/h5,7H,1-4H2,(H,13,16,18)(H,14,17,19). The maximum atomic E-state index is 12.1. The van der Waals surface area contributed by atoms with Gasteiger partial charge in [-0.2, -0.15) is 0 Å². The van der Waals surface area contributed by atoms with Gasteiger partial charge in [0.15, 0.2) is 5.41 Å². The lowest BCUT2D eigenvalue weighted by Crippen LogP contribution is -2.50. The molecule has 0 aromatic carbocycles. The minimum absolute atomic E-state index is 0.217. The van der Waals surface area contributed by atoms with Gasteiger partial charge in [0.1, 0.15) is 11.7 Å². The quantitative estimate of drug-likeness (QED) is 0.450. The Morgan fingerprint density at radius 3 is 2.00 bits per heavy atom. The summed E-state index contributed by atoms with van der Waals surface area (Å²) < 4.78 is 0. The molecule has 3 fully saturated rings. The minimum atomic E-state index is -1.84. The predicted molar refractivity (Wildman–Crippen MR) is 59.2 cm³/mol. The van der Waals surface area contributed by atoms with Crippen LogP contribution in [-0.4, -0.2) is 29.4 Å². The molecule has 0 aromatic rings. The van der Waals surface area contributed by atoms with E-state index in [1.54, 1.807) is 0 Å². The zero-order valence-corrected chi connectivity index (χ0v) is 10.0. The zero-order valence-electron chi connectivity index (χ0n) is 10.0. The lowest BCUT2D eigenvalue weighted by molar-refractivity contribution is -0.150. The first-order valence-electron chi connectivity index (χ1n) is 6.23. The van der Waals surface area contributed by atoms with Gasteiger partial charge in [-0.15, -0.1) is 0 Å². The Morgan fingerprint density at radius 2 is 1.47 bits per heavy atom. The molecule has 3 aliphatic rings. The van der Waals surface area contributed by atoms with E-state index in [9.17, 15) is 24.0 Å². The first-order valence-corrected chi connectivity index (χ1v) is 6.23. The Balaban J connectivity index is 2.14. The van der Waals surface area contributed by atoms with Gasteiger partial charge in [-0.25, -0.2) is 0 Å². The molecular weight excluding hydrogens is 252 g/mol. The third-order valence-electron chi connectivity index (χ3n) is 4.31. The van der Waals surface area contributed by atoms with Gasteiger partial charge in [-0.3, -0.25) is 34.6 Å². The van der Waals surface area contributed by atoms with E-state index in [2.05, 4.69) is 0 Å². The summed E-state index contributed by atoms with van der Waals surface area (Å²) in [6.45, 7) is 0. The van der Waals surface area contributed by atoms with Crippen LogP contribution in [0.4, 0.5) is 0 Å². The van der Waals surface area contributed by atoms with E-state index in [-0.39, 0.29) is 12.2 Å². The van der Waals surface area contributed by atoms with Gasteiger partial charge in [-0.05, 0) is 12.8 Å². The maximum absolute atomic E-state index is 12.1. The van der Waals surface area contributed by atoms with Crippen molar-refractivity contribution in [3.8, 4) is 0 Å². The van der Waals surface area contributed by atoms with Crippen molar-refractivity contribution in [3.63, 3.8) is 0 Å². The van der Waals surface area contributed by atoms with Crippen LogP contribution >= 0.6 is 0 Å². The largest absolute Gasteiger partial charge is 0.299 e. The maximum Gasteiger partial charge on any atom is 0.244 e. The smallest absolute Gasteiger partial charge is 0.244 e. The average molecular weight is 264 g/mol. The zero-order chi connectivity index (χ0) is 13.8. The third kappa shape index (κ3) is 1.30.